The van der Waals surface area contributed by atoms with Gasteiger partial charge in [-0.15, -0.1) is 0 Å². The lowest BCUT2D eigenvalue weighted by atomic mass is 9.91. The highest BCUT2D eigenvalue weighted by molar-refractivity contribution is 7.80. The Kier molecular flexibility index (Phi) is 3.63. The van der Waals surface area contributed by atoms with Crippen molar-refractivity contribution >= 4 is 12.6 Å². The third-order valence-corrected chi connectivity index (χ3v) is 4.81. The van der Waals surface area contributed by atoms with Crippen LogP contribution in [0, 0.1) is 5.41 Å². The van der Waals surface area contributed by atoms with Gasteiger partial charge in [0.25, 0.3) is 0 Å². The number of thiol groups is 1. The van der Waals surface area contributed by atoms with Gasteiger partial charge in [0.1, 0.15) is 0 Å². The summed E-state index contributed by atoms with van der Waals surface area (Å²) in [5.74, 6) is 1.00. The van der Waals surface area contributed by atoms with Gasteiger partial charge in [0.05, 0.1) is 6.10 Å². The zero-order valence-corrected chi connectivity index (χ0v) is 10.5. The van der Waals surface area contributed by atoms with Gasteiger partial charge >= 0.3 is 0 Å². The van der Waals surface area contributed by atoms with Gasteiger partial charge in [0.2, 0.25) is 0 Å². The summed E-state index contributed by atoms with van der Waals surface area (Å²) >= 11 is 4.44. The molecule has 2 fully saturated rings. The van der Waals surface area contributed by atoms with Crippen molar-refractivity contribution in [3.8, 4) is 0 Å². The Morgan fingerprint density at radius 1 is 1.33 bits per heavy atom. The average Bonchev–Trinajstić information content (AvgIpc) is 2.99. The monoisotopic (exact) mass is 229 g/mol. The number of hydrogen-bond donors (Lipinski definition) is 2. The first kappa shape index (κ1) is 11.7. The number of nitrogens with zero attached hydrogens (tertiary/aromatic N) is 1. The SMILES string of the molecule is CN(CC1(CS)CC1)C1CCCCC1O. The zero-order valence-electron chi connectivity index (χ0n) is 9.65. The molecule has 88 valence electrons. The first-order chi connectivity index (χ1) is 7.17. The van der Waals surface area contributed by atoms with Gasteiger partial charge in [-0.1, -0.05) is 12.8 Å². The summed E-state index contributed by atoms with van der Waals surface area (Å²) in [6, 6.07) is 0.399. The number of aliphatic hydroxyl groups excluding tert-OH is 1. The van der Waals surface area contributed by atoms with E-state index in [1.165, 1.54) is 32.1 Å². The van der Waals surface area contributed by atoms with Crippen LogP contribution in [0.3, 0.4) is 0 Å². The van der Waals surface area contributed by atoms with E-state index in [-0.39, 0.29) is 6.10 Å². The molecule has 15 heavy (non-hydrogen) atoms. The molecule has 0 saturated heterocycles. The Labute approximate surface area is 98.5 Å². The molecule has 1 N–H and O–H groups in total. The molecule has 2 unspecified atom stereocenters. The van der Waals surface area contributed by atoms with E-state index in [4.69, 9.17) is 0 Å². The van der Waals surface area contributed by atoms with E-state index in [9.17, 15) is 5.11 Å². The molecule has 3 heteroatoms. The van der Waals surface area contributed by atoms with Gasteiger partial charge < -0.3 is 10.0 Å². The summed E-state index contributed by atoms with van der Waals surface area (Å²) in [7, 11) is 2.17. The van der Waals surface area contributed by atoms with Crippen molar-refractivity contribution < 1.29 is 5.11 Å². The van der Waals surface area contributed by atoms with E-state index < -0.39 is 0 Å². The number of rotatable bonds is 4. The van der Waals surface area contributed by atoms with Crippen LogP contribution in [-0.4, -0.2) is 41.5 Å². The third kappa shape index (κ3) is 2.69. The summed E-state index contributed by atoms with van der Waals surface area (Å²) in [6.07, 6.45) is 7.18. The Hall–Kier alpha value is 0.270. The molecule has 0 amide bonds. The maximum atomic E-state index is 9.97. The quantitative estimate of drug-likeness (QED) is 0.720. The molecule has 2 rings (SSSR count). The van der Waals surface area contributed by atoms with Gasteiger partial charge in [-0.3, -0.25) is 0 Å². The van der Waals surface area contributed by atoms with Crippen LogP contribution in [0.15, 0.2) is 0 Å². The van der Waals surface area contributed by atoms with Crippen LogP contribution in [0.4, 0.5) is 0 Å². The van der Waals surface area contributed by atoms with Gasteiger partial charge in [0, 0.05) is 12.6 Å². The molecule has 2 aliphatic rings. The Morgan fingerprint density at radius 3 is 2.53 bits per heavy atom. The van der Waals surface area contributed by atoms with Gasteiger partial charge in [-0.2, -0.15) is 12.6 Å². The summed E-state index contributed by atoms with van der Waals surface area (Å²) < 4.78 is 0. The van der Waals surface area contributed by atoms with Crippen molar-refractivity contribution in [2.45, 2.75) is 50.7 Å². The highest BCUT2D eigenvalue weighted by atomic mass is 32.1. The second-order valence-electron chi connectivity index (χ2n) is 5.49. The molecule has 0 aromatic rings. The smallest absolute Gasteiger partial charge is 0.0695 e. The van der Waals surface area contributed by atoms with E-state index in [2.05, 4.69) is 24.6 Å². The fraction of sp³-hybridized carbons (Fsp3) is 1.00. The lowest BCUT2D eigenvalue weighted by Crippen LogP contribution is -2.45. The molecule has 0 bridgehead atoms. The predicted molar refractivity (Wildman–Crippen MR) is 66.4 cm³/mol. The van der Waals surface area contributed by atoms with Crippen LogP contribution in [0.1, 0.15) is 38.5 Å². The molecule has 0 aromatic heterocycles. The van der Waals surface area contributed by atoms with Crippen LogP contribution in [0.2, 0.25) is 0 Å². The van der Waals surface area contributed by atoms with E-state index >= 15 is 0 Å². The second kappa shape index (κ2) is 4.64. The van der Waals surface area contributed by atoms with Crippen molar-refractivity contribution in [3.05, 3.63) is 0 Å². The fourth-order valence-electron chi connectivity index (χ4n) is 2.80. The van der Waals surface area contributed by atoms with Crippen molar-refractivity contribution in [2.24, 2.45) is 5.41 Å². The topological polar surface area (TPSA) is 23.5 Å². The van der Waals surface area contributed by atoms with E-state index in [0.29, 0.717) is 11.5 Å². The van der Waals surface area contributed by atoms with E-state index in [1.807, 2.05) is 0 Å². The van der Waals surface area contributed by atoms with Gasteiger partial charge in [0.15, 0.2) is 0 Å². The number of hydrogen-bond acceptors (Lipinski definition) is 3. The van der Waals surface area contributed by atoms with Crippen LogP contribution in [-0.2, 0) is 0 Å². The number of likely N-dealkylation sites (N-methyl/N-ethyl adjacent to an activating group) is 1. The van der Waals surface area contributed by atoms with Gasteiger partial charge in [-0.25, -0.2) is 0 Å². The van der Waals surface area contributed by atoms with Crippen molar-refractivity contribution in [3.63, 3.8) is 0 Å². The summed E-state index contributed by atoms with van der Waals surface area (Å²) in [5, 5.41) is 9.97. The number of aliphatic hydroxyl groups is 1. The highest BCUT2D eigenvalue weighted by Crippen LogP contribution is 2.47. The zero-order chi connectivity index (χ0) is 10.9. The molecular weight excluding hydrogens is 206 g/mol. The molecule has 2 saturated carbocycles. The predicted octanol–water partition coefficient (Wildman–Crippen LogP) is 1.93. The maximum Gasteiger partial charge on any atom is 0.0695 e. The lowest BCUT2D eigenvalue weighted by Gasteiger charge is -2.37. The average molecular weight is 229 g/mol. The lowest BCUT2D eigenvalue weighted by molar-refractivity contribution is 0.0253. The molecule has 0 heterocycles. The molecule has 2 atom stereocenters. The second-order valence-corrected chi connectivity index (χ2v) is 5.81. The Morgan fingerprint density at radius 2 is 2.00 bits per heavy atom. The molecule has 0 aliphatic heterocycles. The van der Waals surface area contributed by atoms with Crippen LogP contribution >= 0.6 is 12.6 Å². The largest absolute Gasteiger partial charge is 0.391 e. The first-order valence-corrected chi connectivity index (χ1v) is 6.79. The van der Waals surface area contributed by atoms with Crippen LogP contribution < -0.4 is 0 Å². The third-order valence-electron chi connectivity index (χ3n) is 4.14. The Balaban J connectivity index is 1.86. The molecule has 2 aliphatic carbocycles. The van der Waals surface area contributed by atoms with Crippen molar-refractivity contribution in [2.75, 3.05) is 19.3 Å². The first-order valence-electron chi connectivity index (χ1n) is 6.16. The Bertz CT molecular complexity index is 218. The van der Waals surface area contributed by atoms with Crippen LogP contribution in [0.25, 0.3) is 0 Å². The van der Waals surface area contributed by atoms with E-state index in [1.54, 1.807) is 0 Å². The van der Waals surface area contributed by atoms with Crippen molar-refractivity contribution in [1.82, 2.24) is 4.90 Å². The summed E-state index contributed by atoms with van der Waals surface area (Å²) in [5.41, 5.74) is 0.481. The summed E-state index contributed by atoms with van der Waals surface area (Å²) in [4.78, 5) is 2.38. The fourth-order valence-corrected chi connectivity index (χ4v) is 3.21. The summed E-state index contributed by atoms with van der Waals surface area (Å²) in [6.45, 7) is 1.12. The van der Waals surface area contributed by atoms with E-state index in [0.717, 1.165) is 18.7 Å². The minimum Gasteiger partial charge on any atom is -0.391 e. The van der Waals surface area contributed by atoms with Crippen molar-refractivity contribution in [1.29, 1.82) is 0 Å². The molecule has 2 nitrogen and oxygen atoms in total. The minimum absolute atomic E-state index is 0.0977. The molecule has 0 aromatic carbocycles. The van der Waals surface area contributed by atoms with Crippen LogP contribution in [0.5, 0.6) is 0 Å². The normalized spacial score (nSPS) is 34.4. The molecule has 0 spiro atoms. The molecular formula is C12H23NOS. The minimum atomic E-state index is -0.0977. The maximum absolute atomic E-state index is 9.97. The molecule has 0 radical (unpaired) electrons. The highest BCUT2D eigenvalue weighted by Gasteiger charge is 2.43. The standard InChI is InChI=1S/C12H23NOS/c1-13(8-12(9-15)6-7-12)10-4-2-3-5-11(10)14/h10-11,14-15H,2-9H2,1H3. The van der Waals surface area contributed by atoms with Gasteiger partial charge in [-0.05, 0) is 43.9 Å².